The van der Waals surface area contributed by atoms with E-state index in [9.17, 15) is 25.6 Å². The van der Waals surface area contributed by atoms with Crippen LogP contribution in [0.5, 0.6) is 34.5 Å². The topological polar surface area (TPSA) is 311 Å². The zero-order valence-corrected chi connectivity index (χ0v) is 50.3. The van der Waals surface area contributed by atoms with Crippen LogP contribution in [0, 0.1) is 25.5 Å². The van der Waals surface area contributed by atoms with E-state index in [2.05, 4.69) is 51.8 Å². The quantitative estimate of drug-likeness (QED) is 0.0532. The summed E-state index contributed by atoms with van der Waals surface area (Å²) in [7, 11) is -2.16. The van der Waals surface area contributed by atoms with Gasteiger partial charge in [0, 0.05) is 125 Å². The molecule has 0 bridgehead atoms. The number of nitrogens with one attached hydrogen (secondary N) is 1. The van der Waals surface area contributed by atoms with Crippen molar-refractivity contribution in [2.45, 2.75) is 52.0 Å². The maximum absolute atomic E-state index is 14.4. The molecule has 2 aliphatic rings. The fraction of sp³-hybridized carbons (Fsp3) is 0.241. The van der Waals surface area contributed by atoms with Crippen LogP contribution in [-0.2, 0) is 32.3 Å². The molecular weight excluding hydrogens is 1220 g/mol. The number of fused-ring (bicyclic) bond motifs is 2. The van der Waals surface area contributed by atoms with E-state index in [1.807, 2.05) is 16.8 Å². The highest BCUT2D eigenvalue weighted by molar-refractivity contribution is 8.13. The molecule has 6 aromatic heterocycles. The third-order valence-corrected chi connectivity index (χ3v) is 16.7. The highest BCUT2D eigenvalue weighted by Gasteiger charge is 2.33. The van der Waals surface area contributed by atoms with Gasteiger partial charge in [0.25, 0.3) is 0 Å². The van der Waals surface area contributed by atoms with E-state index in [4.69, 9.17) is 62.9 Å². The molecule has 2 aliphatic heterocycles. The number of hydrogen-bond acceptors (Lipinski definition) is 21. The second-order valence-electron chi connectivity index (χ2n) is 19.9. The molecule has 30 heteroatoms. The number of nitrogens with zero attached hydrogens (tertiary/aromatic N) is 13. The predicted octanol–water partition coefficient (Wildman–Crippen LogP) is 9.42. The monoisotopic (exact) mass is 1280 g/mol. The number of nitrogens with two attached hydrogens (primary N) is 2. The van der Waals surface area contributed by atoms with Crippen LogP contribution >= 0.6 is 22.3 Å². The van der Waals surface area contributed by atoms with Crippen LogP contribution in [0.25, 0.3) is 44.6 Å². The lowest BCUT2D eigenvalue weighted by Crippen LogP contribution is -2.27. The Bertz CT molecular complexity index is 4340. The van der Waals surface area contributed by atoms with Gasteiger partial charge in [-0.15, -0.1) is 11.6 Å². The smallest absolute Gasteiger partial charge is 0.235 e. The van der Waals surface area contributed by atoms with E-state index in [0.29, 0.717) is 87.2 Å². The van der Waals surface area contributed by atoms with Crippen molar-refractivity contribution in [2.24, 2.45) is 0 Å². The molecule has 0 unspecified atom stereocenters. The van der Waals surface area contributed by atoms with Gasteiger partial charge < -0.3 is 35.7 Å². The van der Waals surface area contributed by atoms with Crippen molar-refractivity contribution < 1.29 is 44.6 Å². The number of halogens is 4. The molecule has 8 heterocycles. The SMILES string of the molecule is C=CS(=O)(=O)N1CC[C@@H](n2nc(-c3ccc(Oc4cc(F)cc(OCc5cnc(C)nc5)c4)cc3)c3c(N)ncnc32)C1.Cc1ncc(COc2cc(F)cc(Oc3ccc(-c4nn([C@@H]5CCNC5)c5ncnc(N)c45)cc3)c2)cn1.O=S(=O)(Cl)CCCl. The summed E-state index contributed by atoms with van der Waals surface area (Å²) in [6, 6.07) is 22.7. The Morgan fingerprint density at radius 2 is 1.09 bits per heavy atom. The van der Waals surface area contributed by atoms with Gasteiger partial charge >= 0.3 is 0 Å². The molecule has 0 radical (unpaired) electrons. The fourth-order valence-electron chi connectivity index (χ4n) is 9.40. The highest BCUT2D eigenvalue weighted by Crippen LogP contribution is 2.38. The molecule has 88 heavy (non-hydrogen) atoms. The van der Waals surface area contributed by atoms with Gasteiger partial charge in [0.15, 0.2) is 11.3 Å². The summed E-state index contributed by atoms with van der Waals surface area (Å²) in [6.07, 6.45) is 11.0. The zero-order chi connectivity index (χ0) is 62.1. The third-order valence-electron chi connectivity index (χ3n) is 13.7. The summed E-state index contributed by atoms with van der Waals surface area (Å²) in [5.41, 5.74) is 18.1. The van der Waals surface area contributed by atoms with Crippen molar-refractivity contribution in [3.63, 3.8) is 0 Å². The lowest BCUT2D eigenvalue weighted by molar-refractivity contribution is 0.301. The molecule has 12 rings (SSSR count). The minimum absolute atomic E-state index is 0.0613. The Morgan fingerprint density at radius 1 is 0.636 bits per heavy atom. The Labute approximate surface area is 513 Å². The maximum atomic E-state index is 14.4. The Hall–Kier alpha value is -9.06. The summed E-state index contributed by atoms with van der Waals surface area (Å²) >= 11 is 5.02. The van der Waals surface area contributed by atoms with Gasteiger partial charge in [0.05, 0.1) is 28.6 Å². The van der Waals surface area contributed by atoms with Crippen LogP contribution in [0.2, 0.25) is 0 Å². The van der Waals surface area contributed by atoms with Crippen LogP contribution in [0.15, 0.2) is 134 Å². The molecule has 456 valence electrons. The fourth-order valence-corrected chi connectivity index (χ4v) is 11.6. The van der Waals surface area contributed by atoms with Crippen LogP contribution in [-0.4, -0.2) is 118 Å². The first-order valence-electron chi connectivity index (χ1n) is 27.1. The normalized spacial score (nSPS) is 15.1. The number of benzene rings is 4. The predicted molar refractivity (Wildman–Crippen MR) is 327 cm³/mol. The third kappa shape index (κ3) is 15.4. The Kier molecular flexibility index (Phi) is 19.3. The Morgan fingerprint density at radius 3 is 1.50 bits per heavy atom. The molecule has 2 saturated heterocycles. The summed E-state index contributed by atoms with van der Waals surface area (Å²) in [4.78, 5) is 33.7. The number of hydrogen-bond donors (Lipinski definition) is 3. The van der Waals surface area contributed by atoms with Crippen LogP contribution in [0.3, 0.4) is 0 Å². The first kappa shape index (κ1) is 62.0. The molecule has 0 saturated carbocycles. The number of rotatable bonds is 18. The van der Waals surface area contributed by atoms with Crippen molar-refractivity contribution >= 4 is 75.1 Å². The summed E-state index contributed by atoms with van der Waals surface area (Å²) in [5, 5.41) is 15.3. The van der Waals surface area contributed by atoms with Gasteiger partial charge in [-0.05, 0) is 81.8 Å². The van der Waals surface area contributed by atoms with E-state index in [-0.39, 0.29) is 55.0 Å². The molecule has 24 nitrogen and oxygen atoms in total. The lowest BCUT2D eigenvalue weighted by atomic mass is 10.1. The number of sulfonamides is 1. The molecule has 5 N–H and O–H groups in total. The highest BCUT2D eigenvalue weighted by atomic mass is 35.7. The van der Waals surface area contributed by atoms with Gasteiger partial charge in [-0.3, -0.25) is 0 Å². The number of alkyl halides is 1. The van der Waals surface area contributed by atoms with Gasteiger partial charge in [-0.2, -0.15) is 14.5 Å². The van der Waals surface area contributed by atoms with E-state index < -0.39 is 30.7 Å². The van der Waals surface area contributed by atoms with Crippen molar-refractivity contribution in [1.29, 1.82) is 0 Å². The minimum Gasteiger partial charge on any atom is -0.489 e. The number of ether oxygens (including phenoxy) is 4. The van der Waals surface area contributed by atoms with Crippen molar-refractivity contribution in [3.8, 4) is 57.0 Å². The molecule has 10 aromatic rings. The van der Waals surface area contributed by atoms with E-state index in [1.165, 1.54) is 41.2 Å². The van der Waals surface area contributed by atoms with Gasteiger partial charge in [0.2, 0.25) is 19.1 Å². The van der Waals surface area contributed by atoms with Gasteiger partial charge in [-0.1, -0.05) is 6.58 Å². The van der Waals surface area contributed by atoms with Crippen LogP contribution in [0.1, 0.15) is 47.7 Å². The molecule has 0 amide bonds. The molecule has 0 aliphatic carbocycles. The Balaban J connectivity index is 0.000000176. The zero-order valence-electron chi connectivity index (χ0n) is 47.1. The molecule has 4 aromatic carbocycles. The summed E-state index contributed by atoms with van der Waals surface area (Å²) < 4.78 is 101. The van der Waals surface area contributed by atoms with E-state index in [0.717, 1.165) is 52.6 Å². The second kappa shape index (κ2) is 27.3. The average molecular weight is 1280 g/mol. The van der Waals surface area contributed by atoms with Gasteiger partial charge in [0.1, 0.15) is 107 Å². The molecule has 2 fully saturated rings. The molecular formula is C58H56Cl2F2N16O8S2. The first-order valence-corrected chi connectivity index (χ1v) is 31.6. The number of aryl methyl sites for hydroxylation is 2. The average Bonchev–Trinajstić information content (AvgIpc) is 4.53. The number of nitrogen functional groups attached to an aromatic ring is 2. The summed E-state index contributed by atoms with van der Waals surface area (Å²) in [5.74, 6) is 3.08. The van der Waals surface area contributed by atoms with Crippen LogP contribution in [0.4, 0.5) is 20.4 Å². The molecule has 2 atom stereocenters. The lowest BCUT2D eigenvalue weighted by Gasteiger charge is -2.14. The number of anilines is 2. The number of aromatic nitrogens is 12. The second-order valence-corrected chi connectivity index (χ2v) is 25.1. The van der Waals surface area contributed by atoms with Crippen LogP contribution < -0.4 is 35.7 Å². The summed E-state index contributed by atoms with van der Waals surface area (Å²) in [6.45, 7) is 9.73. The first-order chi connectivity index (χ1) is 42.3. The van der Waals surface area contributed by atoms with Gasteiger partial charge in [-0.25, -0.2) is 74.9 Å². The molecule has 0 spiro atoms. The van der Waals surface area contributed by atoms with E-state index >= 15 is 0 Å². The largest absolute Gasteiger partial charge is 0.489 e. The maximum Gasteiger partial charge on any atom is 0.235 e. The standard InChI is InChI=1S/C29H27FN8O4S.C27H25FN8O2.C2H4Cl2O2S/c1-3-43(39,40)37-9-8-22(15-37)38-29-26(28(31)34-17-35-29)27(36-38)20-4-6-23(7-5-20)42-25-11-21(30)10-24(12-25)41-16-19-13-32-18(2)33-14-19;1-16-31-11-17(12-32-16)14-37-22-8-19(28)9-23(10-22)38-21-4-2-18(3-5-21)25-24-26(29)33-15-34-27(24)36(35-25)20-6-7-30-13-20;3-1-2-7(4,5)6/h3-7,10-14,17,22H,1,8-9,15-16H2,2H3,(H2,31,34,35);2-5,8-12,15,20,30H,6-7,13-14H2,1H3,(H2,29,33,34);1-2H2/t22-;20-;/m11./s1. The van der Waals surface area contributed by atoms with E-state index in [1.54, 1.807) is 91.8 Å². The van der Waals surface area contributed by atoms with Crippen molar-refractivity contribution in [1.82, 2.24) is 69.1 Å². The minimum atomic E-state index is -3.55. The van der Waals surface area contributed by atoms with Crippen molar-refractivity contribution in [3.05, 3.63) is 169 Å². The van der Waals surface area contributed by atoms with Crippen molar-refractivity contribution in [2.75, 3.05) is 49.3 Å².